The second kappa shape index (κ2) is 1.99. The summed E-state index contributed by atoms with van der Waals surface area (Å²) in [5, 5.41) is 0. The molecule has 2 fully saturated rings. The summed E-state index contributed by atoms with van der Waals surface area (Å²) in [6.07, 6.45) is 4.32. The van der Waals surface area contributed by atoms with Crippen LogP contribution in [0.5, 0.6) is 0 Å². The maximum Gasteiger partial charge on any atom is 0.00561 e. The Hall–Kier alpha value is -0.260. The fraction of sp³-hybridized carbons (Fsp3) is 0.857. The molecular weight excluding hydrogens is 168 g/mol. The summed E-state index contributed by atoms with van der Waals surface area (Å²) < 4.78 is 0. The van der Waals surface area contributed by atoms with E-state index >= 15 is 0 Å². The summed E-state index contributed by atoms with van der Waals surface area (Å²) in [5.41, 5.74) is 5.29. The van der Waals surface area contributed by atoms with Crippen molar-refractivity contribution in [2.45, 2.75) is 53.9 Å². The molecule has 0 heterocycles. The van der Waals surface area contributed by atoms with Crippen molar-refractivity contribution in [3.05, 3.63) is 11.1 Å². The molecule has 1 spiro atoms. The maximum absolute atomic E-state index is 2.54. The standard InChI is InChI=1S/C14H22/c1-9-8-13(5)7-6-11-12(3,4)14(11,13)10(9)2/h11H,6-8H2,1-5H3/t11-,13-,14-/m1/s1. The minimum absolute atomic E-state index is 0.599. The molecule has 0 N–H and O–H groups in total. The van der Waals surface area contributed by atoms with E-state index in [0.717, 1.165) is 5.92 Å². The highest BCUT2D eigenvalue weighted by Gasteiger charge is 2.82. The highest BCUT2D eigenvalue weighted by atomic mass is 14.9. The molecule has 0 aromatic rings. The van der Waals surface area contributed by atoms with E-state index in [1.807, 2.05) is 0 Å². The van der Waals surface area contributed by atoms with Gasteiger partial charge in [0.2, 0.25) is 0 Å². The fourth-order valence-electron chi connectivity index (χ4n) is 5.79. The smallest absolute Gasteiger partial charge is 0.00561 e. The first-order valence-electron chi connectivity index (χ1n) is 6.05. The van der Waals surface area contributed by atoms with Gasteiger partial charge in [-0.15, -0.1) is 0 Å². The molecule has 0 amide bonds. The van der Waals surface area contributed by atoms with Crippen molar-refractivity contribution < 1.29 is 0 Å². The van der Waals surface area contributed by atoms with Crippen molar-refractivity contribution >= 4 is 0 Å². The van der Waals surface area contributed by atoms with E-state index in [9.17, 15) is 0 Å². The normalized spacial score (nSPS) is 53.4. The van der Waals surface area contributed by atoms with Gasteiger partial charge in [-0.25, -0.2) is 0 Å². The highest BCUT2D eigenvalue weighted by molar-refractivity contribution is 5.46. The average Bonchev–Trinajstić information content (AvgIpc) is 2.33. The van der Waals surface area contributed by atoms with E-state index in [0.29, 0.717) is 16.2 Å². The van der Waals surface area contributed by atoms with Crippen LogP contribution in [-0.4, -0.2) is 0 Å². The molecule has 3 rings (SSSR count). The summed E-state index contributed by atoms with van der Waals surface area (Å²) >= 11 is 0. The van der Waals surface area contributed by atoms with E-state index in [1.165, 1.54) is 19.3 Å². The Balaban J connectivity index is 2.20. The molecular formula is C14H22. The van der Waals surface area contributed by atoms with Crippen LogP contribution in [0.2, 0.25) is 0 Å². The van der Waals surface area contributed by atoms with Gasteiger partial charge in [0.25, 0.3) is 0 Å². The molecule has 0 radical (unpaired) electrons. The third-order valence-electron chi connectivity index (χ3n) is 6.15. The third-order valence-corrected chi connectivity index (χ3v) is 6.15. The topological polar surface area (TPSA) is 0 Å². The lowest BCUT2D eigenvalue weighted by Crippen LogP contribution is -2.27. The maximum atomic E-state index is 2.54. The molecule has 0 aliphatic heterocycles. The number of hydrogen-bond donors (Lipinski definition) is 0. The average molecular weight is 190 g/mol. The van der Waals surface area contributed by atoms with Crippen molar-refractivity contribution in [3.8, 4) is 0 Å². The number of rotatable bonds is 0. The molecule has 0 heteroatoms. The molecule has 78 valence electrons. The zero-order valence-electron chi connectivity index (χ0n) is 10.2. The van der Waals surface area contributed by atoms with Gasteiger partial charge in [0.1, 0.15) is 0 Å². The van der Waals surface area contributed by atoms with Crippen LogP contribution >= 0.6 is 0 Å². The van der Waals surface area contributed by atoms with Crippen LogP contribution in [0.3, 0.4) is 0 Å². The van der Waals surface area contributed by atoms with E-state index in [-0.39, 0.29) is 0 Å². The summed E-state index contributed by atoms with van der Waals surface area (Å²) in [6, 6.07) is 0. The quantitative estimate of drug-likeness (QED) is 0.503. The Labute approximate surface area is 87.8 Å². The zero-order valence-corrected chi connectivity index (χ0v) is 10.2. The van der Waals surface area contributed by atoms with Crippen molar-refractivity contribution in [3.63, 3.8) is 0 Å². The Kier molecular flexibility index (Phi) is 1.28. The monoisotopic (exact) mass is 190 g/mol. The molecule has 0 saturated heterocycles. The van der Waals surface area contributed by atoms with Crippen LogP contribution < -0.4 is 0 Å². The van der Waals surface area contributed by atoms with Gasteiger partial charge in [0.05, 0.1) is 0 Å². The molecule has 14 heavy (non-hydrogen) atoms. The Morgan fingerprint density at radius 2 is 1.79 bits per heavy atom. The zero-order chi connectivity index (χ0) is 10.4. The van der Waals surface area contributed by atoms with Gasteiger partial charge >= 0.3 is 0 Å². The summed E-state index contributed by atoms with van der Waals surface area (Å²) in [6.45, 7) is 12.3. The van der Waals surface area contributed by atoms with E-state index in [2.05, 4.69) is 34.6 Å². The molecule has 2 saturated carbocycles. The van der Waals surface area contributed by atoms with Gasteiger partial charge in [-0.2, -0.15) is 0 Å². The minimum atomic E-state index is 0.599. The van der Waals surface area contributed by atoms with E-state index in [4.69, 9.17) is 0 Å². The number of allylic oxidation sites excluding steroid dienone is 2. The van der Waals surface area contributed by atoms with E-state index in [1.54, 1.807) is 11.1 Å². The first-order chi connectivity index (χ1) is 6.38. The molecule has 0 nitrogen and oxygen atoms in total. The second-order valence-corrected chi connectivity index (χ2v) is 6.76. The molecule has 0 bridgehead atoms. The van der Waals surface area contributed by atoms with Gasteiger partial charge in [-0.1, -0.05) is 31.9 Å². The Morgan fingerprint density at radius 3 is 2.29 bits per heavy atom. The van der Waals surface area contributed by atoms with Gasteiger partial charge in [-0.3, -0.25) is 0 Å². The van der Waals surface area contributed by atoms with Crippen LogP contribution in [0.15, 0.2) is 11.1 Å². The van der Waals surface area contributed by atoms with Gasteiger partial charge < -0.3 is 0 Å². The lowest BCUT2D eigenvalue weighted by atomic mass is 9.70. The van der Waals surface area contributed by atoms with Crippen LogP contribution in [0, 0.1) is 22.2 Å². The molecule has 0 aromatic heterocycles. The van der Waals surface area contributed by atoms with Crippen molar-refractivity contribution in [2.24, 2.45) is 22.2 Å². The largest absolute Gasteiger partial charge is 0.0732 e. The van der Waals surface area contributed by atoms with Crippen molar-refractivity contribution in [1.29, 1.82) is 0 Å². The van der Waals surface area contributed by atoms with E-state index < -0.39 is 0 Å². The highest BCUT2D eigenvalue weighted by Crippen LogP contribution is 2.88. The van der Waals surface area contributed by atoms with Crippen LogP contribution in [0.4, 0.5) is 0 Å². The van der Waals surface area contributed by atoms with Crippen molar-refractivity contribution in [1.82, 2.24) is 0 Å². The van der Waals surface area contributed by atoms with Crippen LogP contribution in [-0.2, 0) is 0 Å². The minimum Gasteiger partial charge on any atom is -0.0732 e. The first-order valence-corrected chi connectivity index (χ1v) is 6.05. The molecule has 3 aliphatic rings. The fourth-order valence-corrected chi connectivity index (χ4v) is 5.79. The Bertz CT molecular complexity index is 347. The van der Waals surface area contributed by atoms with Gasteiger partial charge in [0, 0.05) is 5.41 Å². The third kappa shape index (κ3) is 0.570. The summed E-state index contributed by atoms with van der Waals surface area (Å²) in [7, 11) is 0. The predicted octanol–water partition coefficient (Wildman–Crippen LogP) is 4.17. The molecule has 3 aliphatic carbocycles. The Morgan fingerprint density at radius 1 is 1.14 bits per heavy atom. The lowest BCUT2D eigenvalue weighted by molar-refractivity contribution is 0.182. The second-order valence-electron chi connectivity index (χ2n) is 6.76. The SMILES string of the molecule is CC1=C(C)[C@]23[C@H](CC[C@]2(C)C1)C3(C)C. The molecule has 3 atom stereocenters. The van der Waals surface area contributed by atoms with Gasteiger partial charge in [0.15, 0.2) is 0 Å². The van der Waals surface area contributed by atoms with Crippen LogP contribution in [0.1, 0.15) is 53.9 Å². The predicted molar refractivity (Wildman–Crippen MR) is 60.0 cm³/mol. The lowest BCUT2D eigenvalue weighted by Gasteiger charge is -2.34. The van der Waals surface area contributed by atoms with Crippen molar-refractivity contribution in [2.75, 3.05) is 0 Å². The van der Waals surface area contributed by atoms with Gasteiger partial charge in [-0.05, 0) is 49.9 Å². The van der Waals surface area contributed by atoms with Crippen LogP contribution in [0.25, 0.3) is 0 Å². The number of hydrogen-bond acceptors (Lipinski definition) is 0. The summed E-state index contributed by atoms with van der Waals surface area (Å²) in [5.74, 6) is 0.998. The molecule has 0 aromatic carbocycles. The molecule has 0 unspecified atom stereocenters. The first kappa shape index (κ1) is 9.00. The summed E-state index contributed by atoms with van der Waals surface area (Å²) in [4.78, 5) is 0.